The molecule has 1 radical (unpaired) electrons. The maximum absolute atomic E-state index is 11.6. The van der Waals surface area contributed by atoms with Crippen molar-refractivity contribution in [3.05, 3.63) is 150 Å². The van der Waals surface area contributed by atoms with Crippen molar-refractivity contribution in [2.45, 2.75) is 6.04 Å². The summed E-state index contributed by atoms with van der Waals surface area (Å²) in [7, 11) is -4.39. The van der Waals surface area contributed by atoms with E-state index in [9.17, 15) is 14.4 Å². The third-order valence-corrected chi connectivity index (χ3v) is 6.70. The maximum Gasteiger partial charge on any atom is 1.00 e. The van der Waals surface area contributed by atoms with Gasteiger partial charge in [-0.15, -0.1) is 5.70 Å². The second-order valence-corrected chi connectivity index (χ2v) is 10.2. The number of allylic oxidation sites excluding steroid dienone is 2. The normalized spacial score (nSPS) is 14.2. The van der Waals surface area contributed by atoms with Gasteiger partial charge in [-0.2, -0.15) is 0 Å². The van der Waals surface area contributed by atoms with E-state index in [0.717, 1.165) is 22.8 Å². The Morgan fingerprint density at radius 2 is 1.10 bits per heavy atom. The Balaban J connectivity index is 0.000000188. The smallest absolute Gasteiger partial charge is 0.672 e. The fourth-order valence-electron chi connectivity index (χ4n) is 3.86. The molecular weight excluding hydrogens is 624 g/mol. The molecule has 0 saturated carbocycles. The van der Waals surface area contributed by atoms with E-state index in [0.29, 0.717) is 17.1 Å². The van der Waals surface area contributed by atoms with Crippen LogP contribution in [0.5, 0.6) is 0 Å². The number of hydrogen-bond donors (Lipinski definition) is 2. The summed E-state index contributed by atoms with van der Waals surface area (Å²) in [5, 5.41) is 4.43. The third-order valence-electron chi connectivity index (χ3n) is 5.75. The molecule has 41 heavy (non-hydrogen) atoms. The Morgan fingerprint density at radius 3 is 1.56 bits per heavy atom. The van der Waals surface area contributed by atoms with Crippen LogP contribution in [-0.4, -0.2) is 34.7 Å². The van der Waals surface area contributed by atoms with E-state index >= 15 is 0 Å². The third kappa shape index (κ3) is 7.94. The first-order valence-corrected chi connectivity index (χ1v) is 13.9. The number of rotatable bonds is 5. The second kappa shape index (κ2) is 13.9. The van der Waals surface area contributed by atoms with Crippen LogP contribution in [0.25, 0.3) is 33.8 Å². The van der Waals surface area contributed by atoms with Crippen molar-refractivity contribution in [2.24, 2.45) is 0 Å². The van der Waals surface area contributed by atoms with Gasteiger partial charge in [0.1, 0.15) is 0 Å². The van der Waals surface area contributed by atoms with Crippen molar-refractivity contribution in [2.75, 3.05) is 0 Å². The van der Waals surface area contributed by atoms with Crippen LogP contribution in [0.3, 0.4) is 0 Å². The summed E-state index contributed by atoms with van der Waals surface area (Å²) in [4.78, 5) is 40.6. The summed E-state index contributed by atoms with van der Waals surface area (Å²) in [6.07, 6.45) is 9.58. The van der Waals surface area contributed by atoms with Crippen LogP contribution in [0.4, 0.5) is 0 Å². The van der Waals surface area contributed by atoms with Gasteiger partial charge in [-0.1, -0.05) is 48.5 Å². The van der Waals surface area contributed by atoms with Crippen molar-refractivity contribution in [1.29, 1.82) is 0 Å². The summed E-state index contributed by atoms with van der Waals surface area (Å²) in [6.45, 7) is 0. The molecule has 0 fully saturated rings. The minimum Gasteiger partial charge on any atom is -0.672 e. The Morgan fingerprint density at radius 1 is 0.610 bits per heavy atom. The van der Waals surface area contributed by atoms with Crippen LogP contribution in [0, 0.1) is 0 Å². The predicted molar refractivity (Wildman–Crippen MR) is 153 cm³/mol. The molecule has 205 valence electrons. The Kier molecular flexibility index (Phi) is 10.1. The molecule has 1 aliphatic rings. The molecule has 9 nitrogen and oxygen atoms in total. The fourth-order valence-corrected chi connectivity index (χ4v) is 4.49. The molecule has 5 aromatic rings. The first kappa shape index (κ1) is 29.8. The zero-order valence-corrected chi connectivity index (χ0v) is 24.1. The SMILES string of the molecule is O=P(O)(O)C1=CC(c2ccccn2)[N-]C(c2ccccn2)=C1.[Ru+].c1ccc(-c2cccc(-c3ccccn3)n2)nc1. The van der Waals surface area contributed by atoms with Crippen molar-refractivity contribution < 1.29 is 33.8 Å². The van der Waals surface area contributed by atoms with Crippen LogP contribution in [0.2, 0.25) is 0 Å². The average Bonchev–Trinajstić information content (AvgIpc) is 3.02. The first-order valence-electron chi connectivity index (χ1n) is 12.3. The minimum atomic E-state index is -4.39. The molecule has 0 spiro atoms. The number of aromatic nitrogens is 5. The molecule has 0 aliphatic carbocycles. The van der Waals surface area contributed by atoms with Crippen molar-refractivity contribution >= 4 is 13.3 Å². The second-order valence-electron chi connectivity index (χ2n) is 8.55. The van der Waals surface area contributed by atoms with Gasteiger partial charge in [0, 0.05) is 36.2 Å². The quantitative estimate of drug-likeness (QED) is 0.170. The van der Waals surface area contributed by atoms with Crippen LogP contribution in [0.1, 0.15) is 17.4 Å². The van der Waals surface area contributed by atoms with Gasteiger partial charge < -0.3 is 15.1 Å². The van der Waals surface area contributed by atoms with Gasteiger partial charge in [-0.25, -0.2) is 4.98 Å². The Hall–Kier alpha value is -4.20. The summed E-state index contributed by atoms with van der Waals surface area (Å²) in [5.74, 6) is 0. The Labute approximate surface area is 250 Å². The van der Waals surface area contributed by atoms with E-state index in [2.05, 4.69) is 30.2 Å². The van der Waals surface area contributed by atoms with Crippen molar-refractivity contribution in [3.63, 3.8) is 0 Å². The fraction of sp³-hybridized carbons (Fsp3) is 0.0333. The van der Waals surface area contributed by atoms with Gasteiger partial charge >= 0.3 is 27.1 Å². The molecule has 0 bridgehead atoms. The molecule has 11 heteroatoms. The molecule has 0 saturated heterocycles. The maximum atomic E-state index is 11.6. The molecule has 0 aromatic carbocycles. The zero-order chi connectivity index (χ0) is 27.8. The van der Waals surface area contributed by atoms with E-state index in [4.69, 9.17) is 0 Å². The van der Waals surface area contributed by atoms with Crippen LogP contribution in [0.15, 0.2) is 133 Å². The molecule has 1 unspecified atom stereocenters. The molecule has 0 amide bonds. The zero-order valence-electron chi connectivity index (χ0n) is 21.5. The van der Waals surface area contributed by atoms with Crippen molar-refractivity contribution in [3.8, 4) is 22.8 Å². The van der Waals surface area contributed by atoms with Crippen LogP contribution >= 0.6 is 7.60 Å². The molecular formula is C30H24N6O3PRu. The number of hydrogen-bond acceptors (Lipinski definition) is 6. The number of nitrogens with zero attached hydrogens (tertiary/aromatic N) is 6. The summed E-state index contributed by atoms with van der Waals surface area (Å²) >= 11 is 0. The van der Waals surface area contributed by atoms with Gasteiger partial charge in [-0.05, 0) is 60.7 Å². The van der Waals surface area contributed by atoms with Crippen LogP contribution in [-0.2, 0) is 24.0 Å². The predicted octanol–water partition coefficient (Wildman–Crippen LogP) is 6.21. The number of pyridine rings is 5. The van der Waals surface area contributed by atoms with E-state index < -0.39 is 13.6 Å². The molecule has 1 atom stereocenters. The van der Waals surface area contributed by atoms with Gasteiger partial charge in [0.2, 0.25) is 0 Å². The molecule has 6 heterocycles. The van der Waals surface area contributed by atoms with Crippen molar-refractivity contribution in [1.82, 2.24) is 24.9 Å². The summed E-state index contributed by atoms with van der Waals surface area (Å²) < 4.78 is 11.6. The molecule has 5 aromatic heterocycles. The topological polar surface area (TPSA) is 136 Å². The summed E-state index contributed by atoms with van der Waals surface area (Å²) in [6, 6.07) is 27.6. The Bertz CT molecular complexity index is 1610. The summed E-state index contributed by atoms with van der Waals surface area (Å²) in [5.41, 5.74) is 5.07. The van der Waals surface area contributed by atoms with E-state index in [1.165, 1.54) is 12.2 Å². The monoisotopic (exact) mass is 649 g/mol. The first-order chi connectivity index (χ1) is 19.5. The van der Waals surface area contributed by atoms with Gasteiger partial charge in [0.25, 0.3) is 0 Å². The van der Waals surface area contributed by atoms with Gasteiger partial charge in [0.05, 0.1) is 28.1 Å². The van der Waals surface area contributed by atoms with Crippen LogP contribution < -0.4 is 0 Å². The van der Waals surface area contributed by atoms with Gasteiger partial charge in [0.15, 0.2) is 0 Å². The average molecular weight is 649 g/mol. The molecule has 6 rings (SSSR count). The van der Waals surface area contributed by atoms with Gasteiger partial charge in [-0.3, -0.25) is 24.5 Å². The molecule has 2 N–H and O–H groups in total. The minimum absolute atomic E-state index is 0. The largest absolute Gasteiger partial charge is 1.00 e. The van der Waals surface area contributed by atoms with E-state index in [-0.39, 0.29) is 24.8 Å². The molecule has 1 aliphatic heterocycles. The standard InChI is InChI=1S/C15H13N3O3P.C15H11N3.Ru/c19-22(20,21)11-9-14(12-5-1-3-7-16-12)18-15(10-11)13-6-2-4-8-17-13;1-3-10-16-12(6-1)14-8-5-9-15(18-14)13-7-2-4-11-17-13;/h1-10,14H,(H2,19,20,21);1-11H;/q-1;;+1. The van der Waals surface area contributed by atoms with E-state index in [1.54, 1.807) is 55.1 Å². The van der Waals surface area contributed by atoms with E-state index in [1.807, 2.05) is 60.7 Å².